The van der Waals surface area contributed by atoms with Crippen LogP contribution in [0.15, 0.2) is 59.4 Å². The number of amides is 1. The van der Waals surface area contributed by atoms with Crippen molar-refractivity contribution < 1.29 is 14.7 Å². The maximum absolute atomic E-state index is 12.4. The lowest BCUT2D eigenvalue weighted by atomic mass is 10.1. The molecule has 1 amide bonds. The Morgan fingerprint density at radius 3 is 2.57 bits per heavy atom. The Morgan fingerprint density at radius 1 is 1.00 bits per heavy atom. The lowest BCUT2D eigenvalue weighted by Crippen LogP contribution is -2.22. The molecule has 0 aliphatic rings. The van der Waals surface area contributed by atoms with Crippen molar-refractivity contribution in [3.8, 4) is 0 Å². The molecule has 6 nitrogen and oxygen atoms in total. The van der Waals surface area contributed by atoms with Gasteiger partial charge in [-0.3, -0.25) is 9.59 Å². The highest BCUT2D eigenvalue weighted by molar-refractivity contribution is 6.12. The van der Waals surface area contributed by atoms with Crippen LogP contribution in [0.25, 0.3) is 10.9 Å². The van der Waals surface area contributed by atoms with Gasteiger partial charge in [0.05, 0.1) is 11.5 Å². The van der Waals surface area contributed by atoms with Crippen LogP contribution in [0.1, 0.15) is 20.7 Å². The minimum Gasteiger partial charge on any atom is -0.545 e. The molecule has 0 bridgehead atoms. The van der Waals surface area contributed by atoms with Gasteiger partial charge in [0.2, 0.25) is 5.56 Å². The molecule has 0 aliphatic carbocycles. The summed E-state index contributed by atoms with van der Waals surface area (Å²) in [4.78, 5) is 37.6. The Bertz CT molecular complexity index is 975. The van der Waals surface area contributed by atoms with Gasteiger partial charge in [0.1, 0.15) is 0 Å². The van der Waals surface area contributed by atoms with E-state index in [2.05, 4.69) is 10.3 Å². The zero-order chi connectivity index (χ0) is 16.4. The first kappa shape index (κ1) is 14.5. The topological polar surface area (TPSA) is 102 Å². The molecule has 0 radical (unpaired) electrons. The average Bonchev–Trinajstić information content (AvgIpc) is 2.54. The van der Waals surface area contributed by atoms with E-state index in [0.29, 0.717) is 16.6 Å². The number of fused-ring (bicyclic) bond motifs is 1. The molecule has 0 saturated carbocycles. The fourth-order valence-corrected chi connectivity index (χ4v) is 2.31. The number of anilines is 1. The number of benzene rings is 2. The van der Waals surface area contributed by atoms with Crippen LogP contribution in [0.3, 0.4) is 0 Å². The Kier molecular flexibility index (Phi) is 3.64. The first-order valence-corrected chi connectivity index (χ1v) is 6.79. The van der Waals surface area contributed by atoms with Gasteiger partial charge < -0.3 is 20.2 Å². The van der Waals surface area contributed by atoms with Crippen LogP contribution in [-0.2, 0) is 0 Å². The summed E-state index contributed by atoms with van der Waals surface area (Å²) in [7, 11) is 0. The number of aromatic carboxylic acids is 1. The number of pyridine rings is 1. The third-order valence-electron chi connectivity index (χ3n) is 3.35. The Hall–Kier alpha value is -3.41. The number of rotatable bonds is 3. The second-order valence-corrected chi connectivity index (χ2v) is 4.92. The number of carboxylic acids is 1. The zero-order valence-electron chi connectivity index (χ0n) is 11.8. The molecule has 2 N–H and O–H groups in total. The first-order valence-electron chi connectivity index (χ1n) is 6.79. The molecule has 0 fully saturated rings. The summed E-state index contributed by atoms with van der Waals surface area (Å²) < 4.78 is 0. The van der Waals surface area contributed by atoms with Crippen LogP contribution in [0, 0.1) is 0 Å². The fraction of sp³-hybridized carbons (Fsp3) is 0. The average molecular weight is 307 g/mol. The summed E-state index contributed by atoms with van der Waals surface area (Å²) in [6.07, 6.45) is 0. The van der Waals surface area contributed by atoms with Gasteiger partial charge in [-0.25, -0.2) is 0 Å². The molecule has 0 atom stereocenters. The maximum Gasteiger partial charge on any atom is 0.256 e. The Labute approximate surface area is 130 Å². The molecule has 114 valence electrons. The van der Waals surface area contributed by atoms with E-state index in [-0.39, 0.29) is 11.1 Å². The molecular formula is C17H11N2O4-. The van der Waals surface area contributed by atoms with Gasteiger partial charge in [0.15, 0.2) is 0 Å². The number of carboxylic acid groups (broad SMARTS) is 1. The van der Waals surface area contributed by atoms with E-state index in [1.165, 1.54) is 24.3 Å². The number of aromatic amines is 1. The molecule has 3 aromatic rings. The van der Waals surface area contributed by atoms with Gasteiger partial charge in [-0.1, -0.05) is 30.3 Å². The van der Waals surface area contributed by atoms with Crippen molar-refractivity contribution in [2.24, 2.45) is 0 Å². The number of para-hydroxylation sites is 1. The van der Waals surface area contributed by atoms with Crippen molar-refractivity contribution >= 4 is 28.5 Å². The van der Waals surface area contributed by atoms with Crippen molar-refractivity contribution in [3.05, 3.63) is 76.1 Å². The molecule has 1 heterocycles. The van der Waals surface area contributed by atoms with Gasteiger partial charge >= 0.3 is 0 Å². The monoisotopic (exact) mass is 307 g/mol. The third-order valence-corrected chi connectivity index (χ3v) is 3.35. The molecule has 0 saturated heterocycles. The number of H-pyrrole nitrogens is 1. The molecule has 3 rings (SSSR count). The maximum atomic E-state index is 12.4. The van der Waals surface area contributed by atoms with Gasteiger partial charge in [0, 0.05) is 22.7 Å². The van der Waals surface area contributed by atoms with Crippen molar-refractivity contribution in [2.45, 2.75) is 0 Å². The summed E-state index contributed by atoms with van der Waals surface area (Å²) in [5.74, 6) is -1.83. The summed E-state index contributed by atoms with van der Waals surface area (Å²) in [5, 5.41) is 14.0. The van der Waals surface area contributed by atoms with Gasteiger partial charge in [-0.05, 0) is 23.8 Å². The zero-order valence-corrected chi connectivity index (χ0v) is 11.8. The molecule has 0 spiro atoms. The van der Waals surface area contributed by atoms with E-state index in [0.717, 1.165) is 0 Å². The SMILES string of the molecule is O=C([O-])c1cccc(NC(=O)c2cc(=O)[nH]c3ccccc23)c1. The highest BCUT2D eigenvalue weighted by atomic mass is 16.4. The fourth-order valence-electron chi connectivity index (χ4n) is 2.31. The summed E-state index contributed by atoms with van der Waals surface area (Å²) >= 11 is 0. The lowest BCUT2D eigenvalue weighted by Gasteiger charge is -2.09. The molecule has 23 heavy (non-hydrogen) atoms. The molecule has 0 unspecified atom stereocenters. The Balaban J connectivity index is 2.00. The van der Waals surface area contributed by atoms with Gasteiger partial charge in [-0.2, -0.15) is 0 Å². The van der Waals surface area contributed by atoms with Crippen LogP contribution in [-0.4, -0.2) is 16.9 Å². The summed E-state index contributed by atoms with van der Waals surface area (Å²) in [5.41, 5.74) is 0.633. The number of hydrogen-bond acceptors (Lipinski definition) is 4. The third kappa shape index (κ3) is 2.96. The Morgan fingerprint density at radius 2 is 1.78 bits per heavy atom. The number of carbonyl (C=O) groups is 2. The number of hydrogen-bond donors (Lipinski definition) is 2. The van der Waals surface area contributed by atoms with E-state index in [1.54, 1.807) is 30.3 Å². The molecule has 1 aromatic heterocycles. The van der Waals surface area contributed by atoms with Crippen LogP contribution in [0.4, 0.5) is 5.69 Å². The second-order valence-electron chi connectivity index (χ2n) is 4.92. The van der Waals surface area contributed by atoms with E-state index in [9.17, 15) is 19.5 Å². The standard InChI is InChI=1S/C17H12N2O4/c20-15-9-13(12-6-1-2-7-14(12)19-15)16(21)18-11-5-3-4-10(8-11)17(22)23/h1-9H,(H,18,21)(H,19,20)(H,22,23)/p-1. The van der Waals surface area contributed by atoms with Crippen molar-refractivity contribution in [1.29, 1.82) is 0 Å². The quantitative estimate of drug-likeness (QED) is 0.757. The van der Waals surface area contributed by atoms with Crippen molar-refractivity contribution in [2.75, 3.05) is 5.32 Å². The lowest BCUT2D eigenvalue weighted by molar-refractivity contribution is -0.255. The number of nitrogens with one attached hydrogen (secondary N) is 2. The summed E-state index contributed by atoms with van der Waals surface area (Å²) in [6.45, 7) is 0. The second kappa shape index (κ2) is 5.76. The predicted octanol–water partition coefficient (Wildman–Crippen LogP) is 1.14. The minimum atomic E-state index is -1.33. The number of carbonyl (C=O) groups excluding carboxylic acids is 2. The van der Waals surface area contributed by atoms with Crippen molar-refractivity contribution in [3.63, 3.8) is 0 Å². The van der Waals surface area contributed by atoms with Gasteiger partial charge in [-0.15, -0.1) is 0 Å². The smallest absolute Gasteiger partial charge is 0.256 e. The summed E-state index contributed by atoms with van der Waals surface area (Å²) in [6, 6.07) is 13.9. The normalized spacial score (nSPS) is 10.4. The highest BCUT2D eigenvalue weighted by Gasteiger charge is 2.12. The van der Waals surface area contributed by atoms with Crippen LogP contribution in [0.5, 0.6) is 0 Å². The van der Waals surface area contributed by atoms with Crippen LogP contribution in [0.2, 0.25) is 0 Å². The van der Waals surface area contributed by atoms with Crippen LogP contribution < -0.4 is 16.0 Å². The molecular weight excluding hydrogens is 296 g/mol. The van der Waals surface area contributed by atoms with E-state index in [4.69, 9.17) is 0 Å². The van der Waals surface area contributed by atoms with Crippen LogP contribution >= 0.6 is 0 Å². The van der Waals surface area contributed by atoms with E-state index >= 15 is 0 Å². The molecule has 6 heteroatoms. The van der Waals surface area contributed by atoms with Gasteiger partial charge in [0.25, 0.3) is 5.91 Å². The molecule has 0 aliphatic heterocycles. The van der Waals surface area contributed by atoms with E-state index < -0.39 is 17.4 Å². The number of aromatic nitrogens is 1. The van der Waals surface area contributed by atoms with Crippen molar-refractivity contribution in [1.82, 2.24) is 4.98 Å². The minimum absolute atomic E-state index is 0.0430. The first-order chi connectivity index (χ1) is 11.0. The largest absolute Gasteiger partial charge is 0.545 e. The van der Waals surface area contributed by atoms with E-state index in [1.807, 2.05) is 0 Å². The predicted molar refractivity (Wildman–Crippen MR) is 83.3 cm³/mol. The highest BCUT2D eigenvalue weighted by Crippen LogP contribution is 2.17. The molecule has 2 aromatic carbocycles.